The van der Waals surface area contributed by atoms with Crippen LogP contribution in [0.2, 0.25) is 0 Å². The Balaban J connectivity index is 1.68. The topological polar surface area (TPSA) is 6.48 Å². The molecular formula is C16H24N2. The van der Waals surface area contributed by atoms with Crippen molar-refractivity contribution in [2.45, 2.75) is 45.2 Å². The van der Waals surface area contributed by atoms with E-state index < -0.39 is 0 Å². The van der Waals surface area contributed by atoms with E-state index in [1.54, 1.807) is 0 Å². The van der Waals surface area contributed by atoms with Gasteiger partial charge in [0.25, 0.3) is 0 Å². The highest BCUT2D eigenvalue weighted by molar-refractivity contribution is 5.49. The van der Waals surface area contributed by atoms with E-state index in [-0.39, 0.29) is 0 Å². The molecule has 2 heteroatoms. The smallest absolute Gasteiger partial charge is 0.0369 e. The Morgan fingerprint density at radius 1 is 1.17 bits per heavy atom. The average Bonchev–Trinajstić information content (AvgIpc) is 2.97. The van der Waals surface area contributed by atoms with Crippen molar-refractivity contribution in [1.29, 1.82) is 0 Å². The molecule has 0 aliphatic carbocycles. The summed E-state index contributed by atoms with van der Waals surface area (Å²) in [6, 6.07) is 10.5. The summed E-state index contributed by atoms with van der Waals surface area (Å²) in [7, 11) is 0. The third kappa shape index (κ3) is 2.26. The number of hydrogen-bond donors (Lipinski definition) is 0. The van der Waals surface area contributed by atoms with Crippen molar-refractivity contribution in [3.05, 3.63) is 29.8 Å². The highest BCUT2D eigenvalue weighted by Gasteiger charge is 2.32. The fraction of sp³-hybridized carbons (Fsp3) is 0.625. The molecule has 98 valence electrons. The van der Waals surface area contributed by atoms with E-state index in [9.17, 15) is 0 Å². The Morgan fingerprint density at radius 3 is 2.78 bits per heavy atom. The zero-order valence-electron chi connectivity index (χ0n) is 11.6. The molecule has 3 rings (SSSR count). The zero-order chi connectivity index (χ0) is 12.5. The number of rotatable bonds is 2. The monoisotopic (exact) mass is 244 g/mol. The molecule has 0 amide bonds. The molecule has 0 bridgehead atoms. The molecule has 1 aromatic carbocycles. The zero-order valence-corrected chi connectivity index (χ0v) is 11.6. The molecule has 0 saturated carbocycles. The number of likely N-dealkylation sites (tertiary alicyclic amines) is 1. The summed E-state index contributed by atoms with van der Waals surface area (Å²) in [4.78, 5) is 5.29. The summed E-state index contributed by atoms with van der Waals surface area (Å²) in [6.45, 7) is 8.32. The van der Waals surface area contributed by atoms with E-state index in [1.165, 1.54) is 50.1 Å². The molecule has 2 aliphatic rings. The van der Waals surface area contributed by atoms with Gasteiger partial charge in [-0.05, 0) is 57.4 Å². The van der Waals surface area contributed by atoms with Crippen molar-refractivity contribution in [2.75, 3.05) is 24.5 Å². The molecule has 2 fully saturated rings. The number of benzene rings is 1. The lowest BCUT2D eigenvalue weighted by atomic mass is 10.2. The van der Waals surface area contributed by atoms with Gasteiger partial charge in [0.1, 0.15) is 0 Å². The summed E-state index contributed by atoms with van der Waals surface area (Å²) in [5, 5.41) is 0. The van der Waals surface area contributed by atoms with Crippen molar-refractivity contribution in [2.24, 2.45) is 0 Å². The lowest BCUT2D eigenvalue weighted by Gasteiger charge is -2.28. The highest BCUT2D eigenvalue weighted by atomic mass is 15.3. The van der Waals surface area contributed by atoms with Crippen molar-refractivity contribution in [3.8, 4) is 0 Å². The predicted molar refractivity (Wildman–Crippen MR) is 77.2 cm³/mol. The largest absolute Gasteiger partial charge is 0.370 e. The van der Waals surface area contributed by atoms with E-state index in [2.05, 4.69) is 47.9 Å². The first-order valence-corrected chi connectivity index (χ1v) is 7.31. The van der Waals surface area contributed by atoms with Crippen LogP contribution in [0, 0.1) is 6.92 Å². The number of hydrogen-bond acceptors (Lipinski definition) is 2. The van der Waals surface area contributed by atoms with Crippen LogP contribution in [0.4, 0.5) is 5.69 Å². The van der Waals surface area contributed by atoms with Gasteiger partial charge in [-0.1, -0.05) is 12.1 Å². The first-order chi connectivity index (χ1) is 8.74. The SMILES string of the molecule is Cc1cccc(N2CC[C@@H](N3CCC[C@@H]3C)C2)c1. The molecule has 0 radical (unpaired) electrons. The first kappa shape index (κ1) is 12.0. The van der Waals surface area contributed by atoms with E-state index in [4.69, 9.17) is 0 Å². The Hall–Kier alpha value is -1.02. The van der Waals surface area contributed by atoms with Crippen molar-refractivity contribution in [3.63, 3.8) is 0 Å². The van der Waals surface area contributed by atoms with Gasteiger partial charge in [-0.3, -0.25) is 4.90 Å². The van der Waals surface area contributed by atoms with Crippen LogP contribution in [0.25, 0.3) is 0 Å². The van der Waals surface area contributed by atoms with Gasteiger partial charge in [0.05, 0.1) is 0 Å². The minimum atomic E-state index is 0.781. The molecule has 2 nitrogen and oxygen atoms in total. The van der Waals surface area contributed by atoms with Crippen LogP contribution in [-0.4, -0.2) is 36.6 Å². The molecule has 0 unspecified atom stereocenters. The van der Waals surface area contributed by atoms with Crippen LogP contribution < -0.4 is 4.90 Å². The number of anilines is 1. The highest BCUT2D eigenvalue weighted by Crippen LogP contribution is 2.28. The van der Waals surface area contributed by atoms with Crippen LogP contribution in [0.15, 0.2) is 24.3 Å². The van der Waals surface area contributed by atoms with Gasteiger partial charge in [-0.2, -0.15) is 0 Å². The number of nitrogens with zero attached hydrogens (tertiary/aromatic N) is 2. The second-order valence-corrected chi connectivity index (χ2v) is 5.96. The summed E-state index contributed by atoms with van der Waals surface area (Å²) in [5.41, 5.74) is 2.77. The molecule has 2 heterocycles. The molecule has 1 aromatic rings. The fourth-order valence-corrected chi connectivity index (χ4v) is 3.57. The van der Waals surface area contributed by atoms with Crippen molar-refractivity contribution in [1.82, 2.24) is 4.90 Å². The third-order valence-electron chi connectivity index (χ3n) is 4.60. The Morgan fingerprint density at radius 2 is 2.06 bits per heavy atom. The Kier molecular flexibility index (Phi) is 3.29. The summed E-state index contributed by atoms with van der Waals surface area (Å²) < 4.78 is 0. The predicted octanol–water partition coefficient (Wildman–Crippen LogP) is 3.06. The Bertz CT molecular complexity index is 415. The lowest BCUT2D eigenvalue weighted by molar-refractivity contribution is 0.204. The summed E-state index contributed by atoms with van der Waals surface area (Å²) >= 11 is 0. The average molecular weight is 244 g/mol. The normalized spacial score (nSPS) is 29.1. The van der Waals surface area contributed by atoms with Crippen LogP contribution in [-0.2, 0) is 0 Å². The van der Waals surface area contributed by atoms with Crippen LogP contribution in [0.3, 0.4) is 0 Å². The van der Waals surface area contributed by atoms with E-state index in [1.807, 2.05) is 0 Å². The van der Waals surface area contributed by atoms with Crippen molar-refractivity contribution < 1.29 is 0 Å². The van der Waals surface area contributed by atoms with E-state index >= 15 is 0 Å². The van der Waals surface area contributed by atoms with E-state index in [0.29, 0.717) is 0 Å². The molecule has 0 N–H and O–H groups in total. The van der Waals surface area contributed by atoms with Gasteiger partial charge in [-0.15, -0.1) is 0 Å². The van der Waals surface area contributed by atoms with Gasteiger partial charge in [0, 0.05) is 30.9 Å². The van der Waals surface area contributed by atoms with Crippen LogP contribution >= 0.6 is 0 Å². The van der Waals surface area contributed by atoms with Crippen LogP contribution in [0.1, 0.15) is 31.7 Å². The Labute approximate surface area is 111 Å². The first-order valence-electron chi connectivity index (χ1n) is 7.31. The molecule has 0 spiro atoms. The standard InChI is InChI=1S/C16H24N2/c1-13-5-3-7-15(11-13)17-10-8-16(12-17)18-9-4-6-14(18)2/h3,5,7,11,14,16H,4,6,8-10,12H2,1-2H3/t14-,16+/m0/s1. The van der Waals surface area contributed by atoms with E-state index in [0.717, 1.165) is 12.1 Å². The second-order valence-electron chi connectivity index (χ2n) is 5.96. The molecule has 2 saturated heterocycles. The maximum absolute atomic E-state index is 2.73. The van der Waals surface area contributed by atoms with Gasteiger partial charge in [0.15, 0.2) is 0 Å². The molecule has 18 heavy (non-hydrogen) atoms. The van der Waals surface area contributed by atoms with Gasteiger partial charge >= 0.3 is 0 Å². The van der Waals surface area contributed by atoms with Crippen molar-refractivity contribution >= 4 is 5.69 Å². The molecule has 0 aromatic heterocycles. The summed E-state index contributed by atoms with van der Waals surface area (Å²) in [5.74, 6) is 0. The maximum Gasteiger partial charge on any atom is 0.0369 e. The van der Waals surface area contributed by atoms with Gasteiger partial charge in [0.2, 0.25) is 0 Å². The minimum absolute atomic E-state index is 0.781. The minimum Gasteiger partial charge on any atom is -0.370 e. The third-order valence-corrected chi connectivity index (χ3v) is 4.60. The lowest BCUT2D eigenvalue weighted by Crippen LogP contribution is -2.39. The van der Waals surface area contributed by atoms with Gasteiger partial charge in [-0.25, -0.2) is 0 Å². The molecule has 2 atom stereocenters. The quantitative estimate of drug-likeness (QED) is 0.789. The molecule has 2 aliphatic heterocycles. The molecular weight excluding hydrogens is 220 g/mol. The van der Waals surface area contributed by atoms with Crippen LogP contribution in [0.5, 0.6) is 0 Å². The second kappa shape index (κ2) is 4.93. The fourth-order valence-electron chi connectivity index (χ4n) is 3.57. The van der Waals surface area contributed by atoms with Gasteiger partial charge < -0.3 is 4.90 Å². The maximum atomic E-state index is 2.73. The number of aryl methyl sites for hydroxylation is 1. The summed E-state index contributed by atoms with van der Waals surface area (Å²) in [6.07, 6.45) is 4.11.